The van der Waals surface area contributed by atoms with E-state index in [4.69, 9.17) is 0 Å². The van der Waals surface area contributed by atoms with Crippen LogP contribution in [0.15, 0.2) is 47.5 Å². The van der Waals surface area contributed by atoms with Crippen LogP contribution in [0.2, 0.25) is 0 Å². The highest BCUT2D eigenvalue weighted by molar-refractivity contribution is 7.89. The third-order valence-electron chi connectivity index (χ3n) is 5.70. The topological polar surface area (TPSA) is 89.2 Å². The lowest BCUT2D eigenvalue weighted by Gasteiger charge is -2.25. The zero-order valence-electron chi connectivity index (χ0n) is 18.0. The first-order chi connectivity index (χ1) is 14.8. The summed E-state index contributed by atoms with van der Waals surface area (Å²) in [4.78, 5) is 13.2. The molecule has 3 aromatic rings. The maximum Gasteiger partial charge on any atom is 0.261 e. The maximum atomic E-state index is 13.0. The number of aryl methyl sites for hydroxylation is 3. The van der Waals surface area contributed by atoms with E-state index < -0.39 is 10.0 Å². The summed E-state index contributed by atoms with van der Waals surface area (Å²) in [5, 5.41) is 7.12. The molecule has 1 fully saturated rings. The Balaban J connectivity index is 1.55. The van der Waals surface area contributed by atoms with Crippen molar-refractivity contribution in [2.75, 3.05) is 18.4 Å². The molecule has 0 unspecified atom stereocenters. The Hall–Kier alpha value is -2.91. The lowest BCUT2D eigenvalue weighted by Crippen LogP contribution is -2.35. The van der Waals surface area contributed by atoms with Gasteiger partial charge in [0, 0.05) is 37.2 Å². The fourth-order valence-corrected chi connectivity index (χ4v) is 5.54. The van der Waals surface area contributed by atoms with Gasteiger partial charge in [-0.1, -0.05) is 6.42 Å². The van der Waals surface area contributed by atoms with Crippen molar-refractivity contribution < 1.29 is 13.2 Å². The Morgan fingerprint density at radius 3 is 2.19 bits per heavy atom. The zero-order chi connectivity index (χ0) is 22.2. The second-order valence-corrected chi connectivity index (χ2v) is 9.84. The average molecular weight is 442 g/mol. The van der Waals surface area contributed by atoms with Crippen molar-refractivity contribution in [3.05, 3.63) is 59.5 Å². The fraction of sp³-hybridized carbons (Fsp3) is 0.364. The number of piperidine rings is 1. The zero-order valence-corrected chi connectivity index (χ0v) is 18.8. The first kappa shape index (κ1) is 21.3. The van der Waals surface area contributed by atoms with Gasteiger partial charge in [0.05, 0.1) is 11.1 Å². The van der Waals surface area contributed by atoms with Gasteiger partial charge < -0.3 is 9.88 Å². The molecule has 3 heterocycles. The molecular formula is C22H27N5O3S. The molecule has 0 aliphatic carbocycles. The summed E-state index contributed by atoms with van der Waals surface area (Å²) in [6.07, 6.45) is 4.39. The second kappa shape index (κ2) is 8.32. The number of nitrogens with one attached hydrogen (secondary N) is 1. The monoisotopic (exact) mass is 441 g/mol. The van der Waals surface area contributed by atoms with Crippen molar-refractivity contribution in [2.45, 2.75) is 38.0 Å². The number of aromatic nitrogens is 3. The summed E-state index contributed by atoms with van der Waals surface area (Å²) in [7, 11) is -1.70. The average Bonchev–Trinajstić information content (AvgIpc) is 3.30. The lowest BCUT2D eigenvalue weighted by atomic mass is 10.2. The summed E-state index contributed by atoms with van der Waals surface area (Å²) in [5.41, 5.74) is 2.97. The van der Waals surface area contributed by atoms with Gasteiger partial charge in [0.15, 0.2) is 0 Å². The van der Waals surface area contributed by atoms with Gasteiger partial charge in [-0.2, -0.15) is 9.40 Å². The molecule has 2 aromatic heterocycles. The lowest BCUT2D eigenvalue weighted by molar-refractivity contribution is 0.102. The number of sulfonamides is 1. The summed E-state index contributed by atoms with van der Waals surface area (Å²) in [5.74, 6) is 0.379. The van der Waals surface area contributed by atoms with E-state index in [1.54, 1.807) is 42.2 Å². The predicted octanol–water partition coefficient (Wildman–Crippen LogP) is 3.25. The smallest absolute Gasteiger partial charge is 0.261 e. The number of amides is 1. The molecule has 1 aliphatic rings. The summed E-state index contributed by atoms with van der Waals surface area (Å²) < 4.78 is 30.8. The first-order valence-electron chi connectivity index (χ1n) is 10.4. The highest BCUT2D eigenvalue weighted by Crippen LogP contribution is 2.24. The van der Waals surface area contributed by atoms with Crippen LogP contribution in [0.3, 0.4) is 0 Å². The van der Waals surface area contributed by atoms with Crippen LogP contribution in [0.5, 0.6) is 0 Å². The number of anilines is 1. The molecule has 31 heavy (non-hydrogen) atoms. The molecule has 1 aromatic carbocycles. The summed E-state index contributed by atoms with van der Waals surface area (Å²) in [6, 6.07) is 10.3. The minimum absolute atomic E-state index is 0.244. The predicted molar refractivity (Wildman–Crippen MR) is 119 cm³/mol. The molecule has 1 aliphatic heterocycles. The number of hydrogen-bond donors (Lipinski definition) is 1. The molecule has 8 nitrogen and oxygen atoms in total. The molecule has 0 saturated carbocycles. The van der Waals surface area contributed by atoms with E-state index in [2.05, 4.69) is 10.4 Å². The number of nitrogens with zero attached hydrogens (tertiary/aromatic N) is 4. The first-order valence-corrected chi connectivity index (χ1v) is 11.8. The number of rotatable bonds is 5. The molecule has 4 rings (SSSR count). The van der Waals surface area contributed by atoms with Crippen LogP contribution in [-0.2, 0) is 17.1 Å². The maximum absolute atomic E-state index is 13.0. The summed E-state index contributed by atoms with van der Waals surface area (Å²) in [6.45, 7) is 5.07. The third kappa shape index (κ3) is 4.03. The van der Waals surface area contributed by atoms with E-state index in [1.165, 1.54) is 4.31 Å². The van der Waals surface area contributed by atoms with E-state index in [-0.39, 0.29) is 10.8 Å². The van der Waals surface area contributed by atoms with E-state index in [1.807, 2.05) is 30.5 Å². The Morgan fingerprint density at radius 1 is 0.968 bits per heavy atom. The Morgan fingerprint density at radius 2 is 1.58 bits per heavy atom. The third-order valence-corrected chi connectivity index (χ3v) is 7.61. The van der Waals surface area contributed by atoms with Crippen molar-refractivity contribution in [1.82, 2.24) is 18.7 Å². The van der Waals surface area contributed by atoms with E-state index in [9.17, 15) is 13.2 Å². The molecule has 0 bridgehead atoms. The van der Waals surface area contributed by atoms with Gasteiger partial charge in [-0.15, -0.1) is 0 Å². The molecular weight excluding hydrogens is 414 g/mol. The molecule has 9 heteroatoms. The minimum Gasteiger partial charge on any atom is -0.322 e. The highest BCUT2D eigenvalue weighted by atomic mass is 32.2. The largest absolute Gasteiger partial charge is 0.322 e. The molecule has 0 atom stereocenters. The van der Waals surface area contributed by atoms with Crippen molar-refractivity contribution in [2.24, 2.45) is 7.05 Å². The van der Waals surface area contributed by atoms with Crippen molar-refractivity contribution in [3.8, 4) is 5.82 Å². The van der Waals surface area contributed by atoms with Crippen LogP contribution in [0.25, 0.3) is 5.82 Å². The van der Waals surface area contributed by atoms with Gasteiger partial charge in [-0.05, 0) is 63.1 Å². The number of hydrogen-bond acceptors (Lipinski definition) is 4. The Bertz CT molecular complexity index is 1180. The van der Waals surface area contributed by atoms with Gasteiger partial charge in [0.2, 0.25) is 10.0 Å². The Kier molecular flexibility index (Phi) is 5.72. The molecule has 0 radical (unpaired) electrons. The molecule has 164 valence electrons. The Labute approximate surface area is 182 Å². The molecule has 1 N–H and O–H groups in total. The van der Waals surface area contributed by atoms with Crippen LogP contribution in [-0.4, -0.2) is 46.1 Å². The van der Waals surface area contributed by atoms with Gasteiger partial charge in [-0.25, -0.2) is 8.42 Å². The van der Waals surface area contributed by atoms with Crippen molar-refractivity contribution >= 4 is 21.6 Å². The van der Waals surface area contributed by atoms with Crippen LogP contribution < -0.4 is 5.32 Å². The van der Waals surface area contributed by atoms with Gasteiger partial charge in [-0.3, -0.25) is 9.48 Å². The van der Waals surface area contributed by atoms with Gasteiger partial charge >= 0.3 is 0 Å². The van der Waals surface area contributed by atoms with Crippen molar-refractivity contribution in [3.63, 3.8) is 0 Å². The van der Waals surface area contributed by atoms with Crippen LogP contribution in [0.4, 0.5) is 5.69 Å². The van der Waals surface area contributed by atoms with Crippen LogP contribution in [0, 0.1) is 13.8 Å². The van der Waals surface area contributed by atoms with Crippen LogP contribution >= 0.6 is 0 Å². The summed E-state index contributed by atoms with van der Waals surface area (Å²) >= 11 is 0. The van der Waals surface area contributed by atoms with E-state index in [0.29, 0.717) is 30.2 Å². The van der Waals surface area contributed by atoms with Crippen molar-refractivity contribution in [1.29, 1.82) is 0 Å². The standard InChI is InChI=1S/C22H27N5O3S/c1-16-7-8-17(2)27(16)22-20(15-23-25(22)3)21(28)24-18-9-11-19(12-10-18)31(29,30)26-13-5-4-6-14-26/h7-12,15H,4-6,13-14H2,1-3H3,(H,24,28). The fourth-order valence-electron chi connectivity index (χ4n) is 4.02. The minimum atomic E-state index is -3.50. The second-order valence-electron chi connectivity index (χ2n) is 7.90. The molecule has 0 spiro atoms. The van der Waals surface area contributed by atoms with E-state index in [0.717, 1.165) is 30.7 Å². The van der Waals surface area contributed by atoms with E-state index >= 15 is 0 Å². The molecule has 1 saturated heterocycles. The number of benzene rings is 1. The normalized spacial score (nSPS) is 15.2. The number of carbonyl (C=O) groups is 1. The SMILES string of the molecule is Cc1ccc(C)n1-c1c(C(=O)Nc2ccc(S(=O)(=O)N3CCCCC3)cc2)cnn1C. The quantitative estimate of drug-likeness (QED) is 0.658. The van der Waals surface area contributed by atoms with Gasteiger partial charge in [0.25, 0.3) is 5.91 Å². The van der Waals surface area contributed by atoms with Crippen LogP contribution in [0.1, 0.15) is 41.0 Å². The van der Waals surface area contributed by atoms with Gasteiger partial charge in [0.1, 0.15) is 11.4 Å². The molecule has 1 amide bonds. The number of carbonyl (C=O) groups excluding carboxylic acids is 1. The highest BCUT2D eigenvalue weighted by Gasteiger charge is 2.26.